The lowest BCUT2D eigenvalue weighted by molar-refractivity contribution is -0.133. The van der Waals surface area contributed by atoms with Crippen molar-refractivity contribution < 1.29 is 14.4 Å². The van der Waals surface area contributed by atoms with Crippen LogP contribution in [0.2, 0.25) is 0 Å². The van der Waals surface area contributed by atoms with E-state index in [1.54, 1.807) is 4.90 Å². The van der Waals surface area contributed by atoms with Crippen LogP contribution in [-0.4, -0.2) is 58.8 Å². The minimum atomic E-state index is -0.205. The van der Waals surface area contributed by atoms with Crippen LogP contribution < -0.4 is 10.2 Å². The van der Waals surface area contributed by atoms with Crippen molar-refractivity contribution in [2.24, 2.45) is 5.92 Å². The molecule has 1 aromatic rings. The molecule has 0 bridgehead atoms. The number of amides is 3. The molecule has 1 N–H and O–H groups in total. The summed E-state index contributed by atoms with van der Waals surface area (Å²) in [6.45, 7) is 5.44. The highest BCUT2D eigenvalue weighted by Gasteiger charge is 2.33. The van der Waals surface area contributed by atoms with E-state index >= 15 is 0 Å². The number of fused-ring (bicyclic) bond motifs is 1. The maximum atomic E-state index is 12.9. The molecule has 2 fully saturated rings. The number of hydrogen-bond donors (Lipinski definition) is 1. The summed E-state index contributed by atoms with van der Waals surface area (Å²) in [5.74, 6) is 2.02. The van der Waals surface area contributed by atoms with Crippen molar-refractivity contribution in [1.29, 1.82) is 0 Å². The Hall–Kier alpha value is -2.51. The molecule has 0 aromatic carbocycles. The van der Waals surface area contributed by atoms with E-state index in [4.69, 9.17) is 9.97 Å². The van der Waals surface area contributed by atoms with Crippen LogP contribution in [-0.2, 0) is 20.8 Å². The van der Waals surface area contributed by atoms with Gasteiger partial charge in [0, 0.05) is 50.2 Å². The molecule has 1 saturated carbocycles. The van der Waals surface area contributed by atoms with E-state index in [2.05, 4.69) is 5.32 Å². The molecule has 0 spiro atoms. The van der Waals surface area contributed by atoms with E-state index < -0.39 is 0 Å². The zero-order chi connectivity index (χ0) is 22.7. The van der Waals surface area contributed by atoms with Gasteiger partial charge in [0.05, 0.1) is 6.54 Å². The first kappa shape index (κ1) is 22.7. The van der Waals surface area contributed by atoms with Crippen molar-refractivity contribution in [3.05, 3.63) is 17.1 Å². The van der Waals surface area contributed by atoms with Crippen molar-refractivity contribution in [3.8, 4) is 0 Å². The number of rotatable bonds is 5. The van der Waals surface area contributed by atoms with Gasteiger partial charge in [-0.3, -0.25) is 19.3 Å². The summed E-state index contributed by atoms with van der Waals surface area (Å²) < 4.78 is 0. The Morgan fingerprint density at radius 3 is 2.59 bits per heavy atom. The van der Waals surface area contributed by atoms with Crippen molar-refractivity contribution in [1.82, 2.24) is 20.2 Å². The smallest absolute Gasteiger partial charge is 0.241 e. The van der Waals surface area contributed by atoms with E-state index in [1.165, 1.54) is 39.0 Å². The van der Waals surface area contributed by atoms with Gasteiger partial charge in [-0.15, -0.1) is 0 Å². The Morgan fingerprint density at radius 2 is 1.84 bits per heavy atom. The van der Waals surface area contributed by atoms with Crippen LogP contribution in [0, 0.1) is 12.8 Å². The van der Waals surface area contributed by atoms with Gasteiger partial charge in [-0.1, -0.05) is 19.3 Å². The number of nitrogens with one attached hydrogen (secondary N) is 1. The number of aromatic nitrogens is 2. The molecule has 8 heteroatoms. The van der Waals surface area contributed by atoms with Crippen molar-refractivity contribution >= 4 is 23.5 Å². The number of carbonyl (C=O) groups excluding carboxylic acids is 3. The third kappa shape index (κ3) is 5.10. The quantitative estimate of drug-likeness (QED) is 0.757. The minimum Gasteiger partial charge on any atom is -0.347 e. The maximum Gasteiger partial charge on any atom is 0.241 e. The second kappa shape index (κ2) is 9.96. The Morgan fingerprint density at radius 1 is 1.06 bits per heavy atom. The zero-order valence-corrected chi connectivity index (χ0v) is 19.4. The number of piperidine rings is 1. The summed E-state index contributed by atoms with van der Waals surface area (Å²) in [5.41, 5.74) is 2.05. The summed E-state index contributed by atoms with van der Waals surface area (Å²) in [6.07, 6.45) is 9.18. The minimum absolute atomic E-state index is 0.0236. The molecule has 1 saturated heterocycles. The third-order valence-corrected chi connectivity index (χ3v) is 7.15. The van der Waals surface area contributed by atoms with Crippen molar-refractivity contribution in [3.63, 3.8) is 0 Å². The van der Waals surface area contributed by atoms with Crippen LogP contribution in [0.5, 0.6) is 0 Å². The van der Waals surface area contributed by atoms with Gasteiger partial charge in [-0.05, 0) is 44.9 Å². The summed E-state index contributed by atoms with van der Waals surface area (Å²) >= 11 is 0. The molecule has 1 atom stereocenters. The first-order chi connectivity index (χ1) is 15.4. The summed E-state index contributed by atoms with van der Waals surface area (Å²) in [6, 6.07) is 0. The molecular formula is C24H35N5O3. The highest BCUT2D eigenvalue weighted by atomic mass is 16.2. The number of hydrogen-bond acceptors (Lipinski definition) is 5. The van der Waals surface area contributed by atoms with Crippen molar-refractivity contribution in [2.75, 3.05) is 31.1 Å². The summed E-state index contributed by atoms with van der Waals surface area (Å²) in [7, 11) is 0. The fourth-order valence-electron chi connectivity index (χ4n) is 5.33. The molecule has 0 radical (unpaired) electrons. The maximum absolute atomic E-state index is 12.9. The van der Waals surface area contributed by atoms with E-state index in [0.717, 1.165) is 42.3 Å². The van der Waals surface area contributed by atoms with E-state index in [-0.39, 0.29) is 30.2 Å². The van der Waals surface area contributed by atoms with Crippen LogP contribution in [0.4, 0.5) is 5.82 Å². The third-order valence-electron chi connectivity index (χ3n) is 7.15. The predicted octanol–water partition coefficient (Wildman–Crippen LogP) is 2.49. The lowest BCUT2D eigenvalue weighted by Gasteiger charge is -2.35. The molecule has 1 aromatic heterocycles. The van der Waals surface area contributed by atoms with Gasteiger partial charge < -0.3 is 10.2 Å². The fraction of sp³-hybridized carbons (Fsp3) is 0.708. The average molecular weight is 442 g/mol. The molecule has 2 aliphatic heterocycles. The normalized spacial score (nSPS) is 21.9. The molecule has 32 heavy (non-hydrogen) atoms. The molecule has 1 aliphatic carbocycles. The fourth-order valence-corrected chi connectivity index (χ4v) is 5.33. The summed E-state index contributed by atoms with van der Waals surface area (Å²) in [5, 5.41) is 2.59. The molecule has 174 valence electrons. The zero-order valence-electron chi connectivity index (χ0n) is 19.4. The molecule has 8 nitrogen and oxygen atoms in total. The van der Waals surface area contributed by atoms with E-state index in [1.807, 2.05) is 11.8 Å². The highest BCUT2D eigenvalue weighted by Crippen LogP contribution is 2.34. The van der Waals surface area contributed by atoms with Gasteiger partial charge in [0.1, 0.15) is 11.6 Å². The lowest BCUT2D eigenvalue weighted by atomic mass is 9.88. The highest BCUT2D eigenvalue weighted by molar-refractivity contribution is 5.95. The molecule has 3 amide bonds. The first-order valence-electron chi connectivity index (χ1n) is 12.1. The first-order valence-corrected chi connectivity index (χ1v) is 12.1. The Balaban J connectivity index is 1.54. The van der Waals surface area contributed by atoms with E-state index in [0.29, 0.717) is 31.8 Å². The Labute approximate surface area is 190 Å². The molecule has 0 unspecified atom stereocenters. The molecule has 4 rings (SSSR count). The largest absolute Gasteiger partial charge is 0.347 e. The number of nitrogens with zero attached hydrogens (tertiary/aromatic N) is 4. The second-order valence-corrected chi connectivity index (χ2v) is 9.57. The van der Waals surface area contributed by atoms with Crippen LogP contribution >= 0.6 is 0 Å². The number of carbonyl (C=O) groups is 3. The SMILES string of the molecule is CC(=O)NCC(=O)N1CCC[C@H](c2nc(C)c3c(n2)N(CC2CCCCC2)C(=O)CC3)C1. The van der Waals surface area contributed by atoms with Gasteiger partial charge in [0.15, 0.2) is 0 Å². The average Bonchev–Trinajstić information content (AvgIpc) is 2.80. The topological polar surface area (TPSA) is 95.5 Å². The Kier molecular flexibility index (Phi) is 7.06. The monoisotopic (exact) mass is 441 g/mol. The van der Waals surface area contributed by atoms with Crippen LogP contribution in [0.3, 0.4) is 0 Å². The number of anilines is 1. The number of likely N-dealkylation sites (tertiary alicyclic amines) is 1. The van der Waals surface area contributed by atoms with Gasteiger partial charge in [0.25, 0.3) is 0 Å². The van der Waals surface area contributed by atoms with E-state index in [9.17, 15) is 14.4 Å². The van der Waals surface area contributed by atoms with Gasteiger partial charge in [-0.2, -0.15) is 0 Å². The predicted molar refractivity (Wildman–Crippen MR) is 121 cm³/mol. The van der Waals surface area contributed by atoms with Gasteiger partial charge >= 0.3 is 0 Å². The van der Waals surface area contributed by atoms with Crippen LogP contribution in [0.25, 0.3) is 0 Å². The van der Waals surface area contributed by atoms with Crippen molar-refractivity contribution in [2.45, 2.75) is 77.6 Å². The molecule has 3 aliphatic rings. The lowest BCUT2D eigenvalue weighted by Crippen LogP contribution is -2.44. The molecular weight excluding hydrogens is 406 g/mol. The number of aryl methyl sites for hydroxylation is 1. The Bertz CT molecular complexity index is 881. The van der Waals surface area contributed by atoms with Crippen LogP contribution in [0.1, 0.15) is 81.3 Å². The second-order valence-electron chi connectivity index (χ2n) is 9.57. The molecule has 3 heterocycles. The summed E-state index contributed by atoms with van der Waals surface area (Å²) in [4.78, 5) is 50.0. The van der Waals surface area contributed by atoms with Gasteiger partial charge in [0.2, 0.25) is 17.7 Å². The van der Waals surface area contributed by atoms with Gasteiger partial charge in [-0.25, -0.2) is 9.97 Å². The standard InChI is InChI=1S/C24H35N5O3/c1-16-20-10-11-21(31)29(14-18-7-4-3-5-8-18)24(20)27-23(26-16)19-9-6-12-28(15-19)22(32)13-25-17(2)30/h18-19H,3-15H2,1-2H3,(H,25,30)/t19-/m0/s1. The van der Waals surface area contributed by atoms with Crippen LogP contribution in [0.15, 0.2) is 0 Å².